The number of halogens is 1. The molecular formula is C13H16FNO. The van der Waals surface area contributed by atoms with Crippen LogP contribution in [-0.4, -0.2) is 5.91 Å². The lowest BCUT2D eigenvalue weighted by Crippen LogP contribution is -2.17. The number of hydrogen-bond donors (Lipinski definition) is 1. The Labute approximate surface area is 94.9 Å². The van der Waals surface area contributed by atoms with E-state index in [4.69, 9.17) is 0 Å². The van der Waals surface area contributed by atoms with Crippen molar-refractivity contribution in [1.82, 2.24) is 0 Å². The lowest BCUT2D eigenvalue weighted by atomic mass is 10.1. The quantitative estimate of drug-likeness (QED) is 0.816. The van der Waals surface area contributed by atoms with Gasteiger partial charge in [-0.2, -0.15) is 0 Å². The summed E-state index contributed by atoms with van der Waals surface area (Å²) < 4.78 is 13.0. The van der Waals surface area contributed by atoms with Crippen LogP contribution in [0.1, 0.15) is 25.8 Å². The average Bonchev–Trinajstić information content (AvgIpc) is 2.82. The van der Waals surface area contributed by atoms with Crippen molar-refractivity contribution < 1.29 is 9.18 Å². The van der Waals surface area contributed by atoms with Gasteiger partial charge in [-0.05, 0) is 36.5 Å². The lowest BCUT2D eigenvalue weighted by molar-refractivity contribution is -0.118. The Kier molecular flexibility index (Phi) is 2.49. The summed E-state index contributed by atoms with van der Waals surface area (Å²) in [7, 11) is 0. The highest BCUT2D eigenvalue weighted by molar-refractivity contribution is 5.95. The van der Waals surface area contributed by atoms with Gasteiger partial charge in [-0.1, -0.05) is 19.9 Å². The summed E-state index contributed by atoms with van der Waals surface area (Å²) in [4.78, 5) is 11.8. The fourth-order valence-corrected chi connectivity index (χ4v) is 1.86. The molecule has 1 saturated carbocycles. The molecule has 1 aliphatic carbocycles. The van der Waals surface area contributed by atoms with Crippen LogP contribution in [0.5, 0.6) is 0 Å². The van der Waals surface area contributed by atoms with Crippen LogP contribution >= 0.6 is 0 Å². The maximum atomic E-state index is 13.0. The molecule has 0 bridgehead atoms. The predicted molar refractivity (Wildman–Crippen MR) is 61.7 cm³/mol. The van der Waals surface area contributed by atoms with Gasteiger partial charge in [0.2, 0.25) is 5.91 Å². The van der Waals surface area contributed by atoms with Crippen molar-refractivity contribution in [1.29, 1.82) is 0 Å². The van der Waals surface area contributed by atoms with Crippen molar-refractivity contribution in [3.05, 3.63) is 29.6 Å². The Bertz CT molecular complexity index is 440. The van der Waals surface area contributed by atoms with Gasteiger partial charge in [-0.3, -0.25) is 4.79 Å². The third-order valence-electron chi connectivity index (χ3n) is 3.29. The number of nitrogens with one attached hydrogen (secondary N) is 1. The van der Waals surface area contributed by atoms with E-state index in [0.29, 0.717) is 5.69 Å². The zero-order valence-corrected chi connectivity index (χ0v) is 9.80. The number of benzene rings is 1. The van der Waals surface area contributed by atoms with E-state index >= 15 is 0 Å². The first-order valence-electron chi connectivity index (χ1n) is 5.47. The molecule has 86 valence electrons. The van der Waals surface area contributed by atoms with Crippen LogP contribution < -0.4 is 5.32 Å². The molecule has 3 heteroatoms. The van der Waals surface area contributed by atoms with E-state index in [-0.39, 0.29) is 23.1 Å². The molecule has 0 unspecified atom stereocenters. The van der Waals surface area contributed by atoms with Gasteiger partial charge in [0.25, 0.3) is 0 Å². The fourth-order valence-electron chi connectivity index (χ4n) is 1.86. The molecular weight excluding hydrogens is 205 g/mol. The van der Waals surface area contributed by atoms with Crippen LogP contribution in [0.2, 0.25) is 0 Å². The highest BCUT2D eigenvalue weighted by Crippen LogP contribution is 2.52. The van der Waals surface area contributed by atoms with Gasteiger partial charge in [-0.25, -0.2) is 4.39 Å². The van der Waals surface area contributed by atoms with E-state index in [1.165, 1.54) is 12.1 Å². The van der Waals surface area contributed by atoms with Gasteiger partial charge in [0.1, 0.15) is 5.82 Å². The van der Waals surface area contributed by atoms with E-state index in [0.717, 1.165) is 12.0 Å². The second-order valence-electron chi connectivity index (χ2n) is 5.19. The minimum absolute atomic E-state index is 0.00120. The summed E-state index contributed by atoms with van der Waals surface area (Å²) in [6.07, 6.45) is 0.910. The fraction of sp³-hybridized carbons (Fsp3) is 0.462. The van der Waals surface area contributed by atoms with Crippen molar-refractivity contribution in [3.63, 3.8) is 0 Å². The minimum Gasteiger partial charge on any atom is -0.325 e. The molecule has 0 aliphatic heterocycles. The summed E-state index contributed by atoms with van der Waals surface area (Å²) in [6, 6.07) is 4.43. The Hall–Kier alpha value is -1.38. The van der Waals surface area contributed by atoms with Crippen molar-refractivity contribution >= 4 is 11.6 Å². The van der Waals surface area contributed by atoms with Crippen LogP contribution in [0.3, 0.4) is 0 Å². The maximum Gasteiger partial charge on any atom is 0.228 e. The molecule has 1 aromatic carbocycles. The van der Waals surface area contributed by atoms with E-state index in [9.17, 15) is 9.18 Å². The van der Waals surface area contributed by atoms with Crippen molar-refractivity contribution in [2.75, 3.05) is 5.32 Å². The molecule has 2 rings (SSSR count). The lowest BCUT2D eigenvalue weighted by Gasteiger charge is -2.09. The van der Waals surface area contributed by atoms with E-state index < -0.39 is 0 Å². The van der Waals surface area contributed by atoms with Crippen molar-refractivity contribution in [3.8, 4) is 0 Å². The van der Waals surface area contributed by atoms with Gasteiger partial charge in [-0.15, -0.1) is 0 Å². The third-order valence-corrected chi connectivity index (χ3v) is 3.29. The molecule has 0 aromatic heterocycles. The minimum atomic E-state index is -0.323. The van der Waals surface area contributed by atoms with Gasteiger partial charge in [0.15, 0.2) is 0 Å². The second kappa shape index (κ2) is 3.58. The number of amides is 1. The van der Waals surface area contributed by atoms with Crippen LogP contribution in [-0.2, 0) is 4.79 Å². The summed E-state index contributed by atoms with van der Waals surface area (Å²) in [5.41, 5.74) is 1.56. The number of carbonyl (C=O) groups is 1. The number of hydrogen-bond acceptors (Lipinski definition) is 1. The molecule has 1 aliphatic rings. The zero-order chi connectivity index (χ0) is 11.9. The number of rotatable bonds is 2. The summed E-state index contributed by atoms with van der Waals surface area (Å²) in [6.45, 7) is 5.98. The molecule has 1 atom stereocenters. The first kappa shape index (κ1) is 11.1. The van der Waals surface area contributed by atoms with Crippen molar-refractivity contribution in [2.45, 2.75) is 27.2 Å². The first-order valence-corrected chi connectivity index (χ1v) is 5.47. The highest BCUT2D eigenvalue weighted by atomic mass is 19.1. The van der Waals surface area contributed by atoms with Crippen LogP contribution in [0, 0.1) is 24.1 Å². The normalized spacial score (nSPS) is 21.6. The summed E-state index contributed by atoms with van der Waals surface area (Å²) in [5, 5.41) is 2.79. The van der Waals surface area contributed by atoms with Crippen LogP contribution in [0.15, 0.2) is 18.2 Å². The number of carbonyl (C=O) groups excluding carboxylic acids is 1. The molecule has 1 N–H and O–H groups in total. The average molecular weight is 221 g/mol. The molecule has 0 saturated heterocycles. The Morgan fingerprint density at radius 1 is 1.50 bits per heavy atom. The molecule has 1 fully saturated rings. The smallest absolute Gasteiger partial charge is 0.228 e. The molecule has 0 spiro atoms. The molecule has 2 nitrogen and oxygen atoms in total. The second-order valence-corrected chi connectivity index (χ2v) is 5.19. The number of anilines is 1. The summed E-state index contributed by atoms with van der Waals surface area (Å²) in [5.74, 6) is -0.259. The van der Waals surface area contributed by atoms with Crippen LogP contribution in [0.25, 0.3) is 0 Å². The molecule has 1 amide bonds. The van der Waals surface area contributed by atoms with Gasteiger partial charge >= 0.3 is 0 Å². The summed E-state index contributed by atoms with van der Waals surface area (Å²) >= 11 is 0. The van der Waals surface area contributed by atoms with Crippen LogP contribution in [0.4, 0.5) is 10.1 Å². The van der Waals surface area contributed by atoms with E-state index in [2.05, 4.69) is 19.2 Å². The number of aryl methyl sites for hydroxylation is 1. The highest BCUT2D eigenvalue weighted by Gasteiger charge is 2.50. The Morgan fingerprint density at radius 2 is 2.12 bits per heavy atom. The standard InChI is InChI=1S/C13H16FNO/c1-8-4-5-9(14)6-11(8)15-12(16)10-7-13(10,2)3/h4-6,10H,7H2,1-3H3,(H,15,16)/t10-/m1/s1. The van der Waals surface area contributed by atoms with Gasteiger partial charge in [0, 0.05) is 11.6 Å². The van der Waals surface area contributed by atoms with E-state index in [1.807, 2.05) is 6.92 Å². The third kappa shape index (κ3) is 2.08. The van der Waals surface area contributed by atoms with Crippen molar-refractivity contribution in [2.24, 2.45) is 11.3 Å². The van der Waals surface area contributed by atoms with Gasteiger partial charge < -0.3 is 5.32 Å². The van der Waals surface area contributed by atoms with Gasteiger partial charge in [0.05, 0.1) is 0 Å². The zero-order valence-electron chi connectivity index (χ0n) is 9.80. The molecule has 0 radical (unpaired) electrons. The maximum absolute atomic E-state index is 13.0. The SMILES string of the molecule is Cc1ccc(F)cc1NC(=O)[C@H]1CC1(C)C. The molecule has 0 heterocycles. The Balaban J connectivity index is 2.10. The molecule has 16 heavy (non-hydrogen) atoms. The first-order chi connectivity index (χ1) is 7.40. The van der Waals surface area contributed by atoms with E-state index in [1.54, 1.807) is 6.07 Å². The monoisotopic (exact) mass is 221 g/mol. The predicted octanol–water partition coefficient (Wildman–Crippen LogP) is 3.12. The largest absolute Gasteiger partial charge is 0.325 e. The Morgan fingerprint density at radius 3 is 2.69 bits per heavy atom. The molecule has 1 aromatic rings. The topological polar surface area (TPSA) is 29.1 Å².